The molecule has 2 aromatic carbocycles. The van der Waals surface area contributed by atoms with Crippen LogP contribution < -0.4 is 10.6 Å². The number of nitrogens with zero attached hydrogens (tertiary/aromatic N) is 1. The van der Waals surface area contributed by atoms with Crippen molar-refractivity contribution in [3.05, 3.63) is 71.4 Å². The third-order valence-electron chi connectivity index (χ3n) is 5.56. The first-order valence-electron chi connectivity index (χ1n) is 10.6. The molecule has 0 bridgehead atoms. The number of carbonyl (C=O) groups excluding carboxylic acids is 2. The first-order chi connectivity index (χ1) is 16.5. The molecule has 1 aromatic heterocycles. The van der Waals surface area contributed by atoms with E-state index in [4.69, 9.17) is 19.1 Å². The highest BCUT2D eigenvalue weighted by Crippen LogP contribution is 2.44. The Kier molecular flexibility index (Phi) is 6.88. The lowest BCUT2D eigenvalue weighted by Crippen LogP contribution is -2.31. The van der Waals surface area contributed by atoms with Crippen molar-refractivity contribution in [2.24, 2.45) is 0 Å². The molecule has 0 aliphatic heterocycles. The molecule has 0 spiro atoms. The maximum atomic E-state index is 12.3. The standard InChI is InChI=1S/C24H23N3O7/c1-32-20(23(29)30)10-11-25-22(28)19-12-21(34-27-19)26-24(31)33-13-18-16-8-4-2-6-14(16)15-7-3-5-9-17(15)18/h2-9,12,18,20H,10-11,13H2,1H3,(H,25,28)(H,26,31)(H,29,30). The Morgan fingerprint density at radius 1 is 1.09 bits per heavy atom. The molecule has 0 saturated heterocycles. The highest BCUT2D eigenvalue weighted by atomic mass is 16.6. The molecule has 3 N–H and O–H groups in total. The van der Waals surface area contributed by atoms with Crippen LogP contribution in [0.1, 0.15) is 34.0 Å². The SMILES string of the molecule is COC(CCNC(=O)c1cc(NC(=O)OCC2c3ccccc3-c3ccccc32)on1)C(=O)O. The lowest BCUT2D eigenvalue weighted by molar-refractivity contribution is -0.148. The van der Waals surface area contributed by atoms with Crippen molar-refractivity contribution in [2.45, 2.75) is 18.4 Å². The number of rotatable bonds is 9. The number of methoxy groups -OCH3 is 1. The zero-order chi connectivity index (χ0) is 24.1. The van der Waals surface area contributed by atoms with Gasteiger partial charge in [-0.2, -0.15) is 0 Å². The van der Waals surface area contributed by atoms with Crippen LogP contribution in [-0.2, 0) is 14.3 Å². The maximum absolute atomic E-state index is 12.3. The van der Waals surface area contributed by atoms with Gasteiger partial charge in [-0.1, -0.05) is 53.7 Å². The summed E-state index contributed by atoms with van der Waals surface area (Å²) in [7, 11) is 1.28. The molecule has 1 heterocycles. The minimum atomic E-state index is -1.12. The molecule has 0 saturated carbocycles. The number of nitrogens with one attached hydrogen (secondary N) is 2. The monoisotopic (exact) mass is 465 g/mol. The van der Waals surface area contributed by atoms with E-state index in [2.05, 4.69) is 15.8 Å². The smallest absolute Gasteiger partial charge is 0.414 e. The minimum absolute atomic E-state index is 0.0531. The average molecular weight is 465 g/mol. The van der Waals surface area contributed by atoms with E-state index < -0.39 is 24.1 Å². The van der Waals surface area contributed by atoms with Gasteiger partial charge < -0.3 is 24.4 Å². The molecule has 1 aliphatic carbocycles. The van der Waals surface area contributed by atoms with Crippen molar-refractivity contribution in [1.82, 2.24) is 10.5 Å². The second kappa shape index (κ2) is 10.2. The first-order valence-corrected chi connectivity index (χ1v) is 10.6. The van der Waals surface area contributed by atoms with Gasteiger partial charge in [-0.05, 0) is 22.3 Å². The van der Waals surface area contributed by atoms with E-state index in [1.165, 1.54) is 13.2 Å². The summed E-state index contributed by atoms with van der Waals surface area (Å²) in [6.07, 6.45) is -1.68. The van der Waals surface area contributed by atoms with Crippen molar-refractivity contribution in [2.75, 3.05) is 25.6 Å². The average Bonchev–Trinajstić information content (AvgIpc) is 3.43. The Morgan fingerprint density at radius 2 is 1.74 bits per heavy atom. The lowest BCUT2D eigenvalue weighted by Gasteiger charge is -2.13. The van der Waals surface area contributed by atoms with Crippen LogP contribution >= 0.6 is 0 Å². The van der Waals surface area contributed by atoms with Crippen LogP contribution in [0.4, 0.5) is 10.7 Å². The Labute approximate surface area is 194 Å². The number of carbonyl (C=O) groups is 3. The number of ether oxygens (including phenoxy) is 2. The van der Waals surface area contributed by atoms with E-state index in [1.54, 1.807) is 0 Å². The first kappa shape index (κ1) is 23.0. The van der Waals surface area contributed by atoms with Gasteiger partial charge in [0.25, 0.3) is 5.91 Å². The molecule has 2 amide bonds. The fraction of sp³-hybridized carbons (Fsp3) is 0.250. The molecular formula is C24H23N3O7. The Morgan fingerprint density at radius 3 is 2.35 bits per heavy atom. The number of carboxylic acid groups (broad SMARTS) is 1. The molecule has 1 atom stereocenters. The van der Waals surface area contributed by atoms with Crippen molar-refractivity contribution in [3.63, 3.8) is 0 Å². The third kappa shape index (κ3) is 4.91. The number of aromatic nitrogens is 1. The van der Waals surface area contributed by atoms with Crippen LogP contribution in [0.15, 0.2) is 59.1 Å². The molecule has 0 fully saturated rings. The largest absolute Gasteiger partial charge is 0.479 e. The summed E-state index contributed by atoms with van der Waals surface area (Å²) in [6, 6.07) is 17.3. The fourth-order valence-electron chi connectivity index (χ4n) is 3.93. The second-order valence-corrected chi connectivity index (χ2v) is 7.63. The molecule has 4 rings (SSSR count). The van der Waals surface area contributed by atoms with Gasteiger partial charge in [0.2, 0.25) is 5.88 Å². The maximum Gasteiger partial charge on any atom is 0.414 e. The van der Waals surface area contributed by atoms with E-state index in [9.17, 15) is 14.4 Å². The highest BCUT2D eigenvalue weighted by Gasteiger charge is 2.29. The summed E-state index contributed by atoms with van der Waals surface area (Å²) in [4.78, 5) is 35.4. The molecule has 176 valence electrons. The second-order valence-electron chi connectivity index (χ2n) is 7.63. The molecule has 3 aromatic rings. The number of carboxylic acids is 1. The van der Waals surface area contributed by atoms with Gasteiger partial charge in [-0.3, -0.25) is 10.1 Å². The summed E-state index contributed by atoms with van der Waals surface area (Å²) in [5.41, 5.74) is 4.36. The predicted octanol–water partition coefficient (Wildman–Crippen LogP) is 3.26. The lowest BCUT2D eigenvalue weighted by atomic mass is 9.98. The number of hydrogen-bond acceptors (Lipinski definition) is 7. The molecule has 10 heteroatoms. The zero-order valence-corrected chi connectivity index (χ0v) is 18.3. The van der Waals surface area contributed by atoms with Gasteiger partial charge in [0.05, 0.1) is 0 Å². The molecule has 34 heavy (non-hydrogen) atoms. The number of hydrogen-bond donors (Lipinski definition) is 3. The molecule has 1 unspecified atom stereocenters. The summed E-state index contributed by atoms with van der Waals surface area (Å²) in [6.45, 7) is 0.192. The van der Waals surface area contributed by atoms with Gasteiger partial charge in [0.1, 0.15) is 6.61 Å². The van der Waals surface area contributed by atoms with E-state index in [0.29, 0.717) is 0 Å². The van der Waals surface area contributed by atoms with Crippen LogP contribution in [0.25, 0.3) is 11.1 Å². The van der Waals surface area contributed by atoms with Crippen LogP contribution in [-0.4, -0.2) is 54.6 Å². The molecular weight excluding hydrogens is 442 g/mol. The number of anilines is 1. The van der Waals surface area contributed by atoms with E-state index in [1.807, 2.05) is 48.5 Å². The van der Waals surface area contributed by atoms with E-state index in [0.717, 1.165) is 22.3 Å². The third-order valence-corrected chi connectivity index (χ3v) is 5.56. The van der Waals surface area contributed by atoms with Gasteiger partial charge in [-0.15, -0.1) is 0 Å². The number of benzene rings is 2. The van der Waals surface area contributed by atoms with Crippen LogP contribution in [0, 0.1) is 0 Å². The van der Waals surface area contributed by atoms with E-state index in [-0.39, 0.29) is 37.1 Å². The summed E-state index contributed by atoms with van der Waals surface area (Å²) in [5.74, 6) is -1.84. The normalized spacial score (nSPS) is 13.0. The summed E-state index contributed by atoms with van der Waals surface area (Å²) >= 11 is 0. The van der Waals surface area contributed by atoms with E-state index >= 15 is 0 Å². The quantitative estimate of drug-likeness (QED) is 0.437. The fourth-order valence-corrected chi connectivity index (χ4v) is 3.93. The molecule has 1 aliphatic rings. The van der Waals surface area contributed by atoms with Crippen molar-refractivity contribution >= 4 is 23.9 Å². The molecule has 10 nitrogen and oxygen atoms in total. The van der Waals surface area contributed by atoms with Crippen molar-refractivity contribution < 1.29 is 33.5 Å². The highest BCUT2D eigenvalue weighted by molar-refractivity contribution is 5.93. The number of aliphatic carboxylic acids is 1. The predicted molar refractivity (Wildman–Crippen MR) is 121 cm³/mol. The van der Waals surface area contributed by atoms with Crippen molar-refractivity contribution in [3.8, 4) is 11.1 Å². The minimum Gasteiger partial charge on any atom is -0.479 e. The van der Waals surface area contributed by atoms with Crippen LogP contribution in [0.5, 0.6) is 0 Å². The van der Waals surface area contributed by atoms with Gasteiger partial charge in [0.15, 0.2) is 11.8 Å². The Balaban J connectivity index is 1.30. The zero-order valence-electron chi connectivity index (χ0n) is 18.3. The number of fused-ring (bicyclic) bond motifs is 3. The van der Waals surface area contributed by atoms with Crippen molar-refractivity contribution in [1.29, 1.82) is 0 Å². The summed E-state index contributed by atoms with van der Waals surface area (Å²) < 4.78 is 15.2. The van der Waals surface area contributed by atoms with Gasteiger partial charge >= 0.3 is 12.1 Å². The van der Waals surface area contributed by atoms with Crippen LogP contribution in [0.2, 0.25) is 0 Å². The topological polar surface area (TPSA) is 140 Å². The Hall–Kier alpha value is -4.18. The van der Waals surface area contributed by atoms with Gasteiger partial charge in [-0.25, -0.2) is 9.59 Å². The van der Waals surface area contributed by atoms with Gasteiger partial charge in [0, 0.05) is 32.1 Å². The summed E-state index contributed by atoms with van der Waals surface area (Å²) in [5, 5.41) is 17.5. The Bertz CT molecular complexity index is 1160. The number of amides is 2. The molecule has 0 radical (unpaired) electrons. The van der Waals surface area contributed by atoms with Crippen LogP contribution in [0.3, 0.4) is 0 Å².